The van der Waals surface area contributed by atoms with Gasteiger partial charge in [0.25, 0.3) is 0 Å². The van der Waals surface area contributed by atoms with E-state index >= 15 is 0 Å². The van der Waals surface area contributed by atoms with Gasteiger partial charge >= 0.3 is 0 Å². The van der Waals surface area contributed by atoms with Gasteiger partial charge < -0.3 is 0 Å². The van der Waals surface area contributed by atoms with Crippen LogP contribution >= 0.6 is 0 Å². The van der Waals surface area contributed by atoms with Crippen LogP contribution < -0.4 is 10.9 Å². The third kappa shape index (κ3) is 3.64. The third-order valence-electron chi connectivity index (χ3n) is 6.03. The Hall–Kier alpha value is -2.24. The van der Waals surface area contributed by atoms with E-state index in [4.69, 9.17) is 0 Å². The maximum atomic E-state index is 11.8. The first-order valence-corrected chi connectivity index (χ1v) is 9.74. The highest BCUT2D eigenvalue weighted by atomic mass is 16.2. The van der Waals surface area contributed by atoms with Crippen molar-refractivity contribution in [2.75, 3.05) is 0 Å². The predicted octanol–water partition coefficient (Wildman–Crippen LogP) is 2.68. The number of unbranched alkanes of at least 4 members (excludes halogenated alkanes) is 1. The number of rotatable bonds is 7. The van der Waals surface area contributed by atoms with Crippen LogP contribution in [0.15, 0.2) is 34.5 Å². The predicted molar refractivity (Wildman–Crippen MR) is 100 cm³/mol. The summed E-state index contributed by atoms with van der Waals surface area (Å²) in [4.78, 5) is 23.7. The van der Waals surface area contributed by atoms with E-state index in [-0.39, 0.29) is 11.8 Å². The Kier molecular flexibility index (Phi) is 5.00. The lowest BCUT2D eigenvalue weighted by atomic mass is 9.74. The molecule has 26 heavy (non-hydrogen) atoms. The quantitative estimate of drug-likeness (QED) is 0.419. The summed E-state index contributed by atoms with van der Waals surface area (Å²) in [6.07, 6.45) is 15.1. The fourth-order valence-electron chi connectivity index (χ4n) is 4.28. The molecule has 0 aromatic heterocycles. The molecule has 2 amide bonds. The molecule has 0 aromatic rings. The number of carbonyl (C=O) groups excluding carboxylic acids is 2. The molecule has 4 aliphatic carbocycles. The third-order valence-corrected chi connectivity index (χ3v) is 6.03. The van der Waals surface area contributed by atoms with E-state index in [1.54, 1.807) is 0 Å². The van der Waals surface area contributed by atoms with Gasteiger partial charge in [0.05, 0.1) is 0 Å². The smallest absolute Gasteiger partial charge is 0.240 e. The van der Waals surface area contributed by atoms with Crippen molar-refractivity contribution in [1.29, 1.82) is 0 Å². The van der Waals surface area contributed by atoms with Crippen LogP contribution in [0.4, 0.5) is 0 Å². The van der Waals surface area contributed by atoms with Crippen molar-refractivity contribution in [1.82, 2.24) is 10.9 Å². The number of hydrogen-bond donors (Lipinski definition) is 2. The standard InChI is InChI=1S/C20H26N4O2/c25-19(23-21-17-11-13-5-3-7-15(13)17)9-1-2-10-20(26)24-22-18-12-14-6-4-8-16(14)18/h3-6,13-16H,1-2,7-12H2,(H,23,25)(H,24,26)/b21-17-,22-18+/t13-,14-,15-,16+/m1/s1. The second-order valence-corrected chi connectivity index (χ2v) is 7.76. The molecule has 0 spiro atoms. The molecule has 0 aromatic carbocycles. The highest BCUT2D eigenvalue weighted by molar-refractivity contribution is 5.95. The summed E-state index contributed by atoms with van der Waals surface area (Å²) in [6.45, 7) is 0. The zero-order valence-electron chi connectivity index (χ0n) is 15.0. The average Bonchev–Trinajstić information content (AvgIpc) is 3.15. The van der Waals surface area contributed by atoms with E-state index in [0.717, 1.165) is 37.1 Å². The van der Waals surface area contributed by atoms with Crippen LogP contribution in [0.25, 0.3) is 0 Å². The second kappa shape index (κ2) is 7.56. The molecular formula is C20H26N4O2. The van der Waals surface area contributed by atoms with E-state index in [0.29, 0.717) is 49.4 Å². The van der Waals surface area contributed by atoms with Gasteiger partial charge in [-0.2, -0.15) is 10.2 Å². The summed E-state index contributed by atoms with van der Waals surface area (Å²) < 4.78 is 0. The van der Waals surface area contributed by atoms with E-state index in [1.807, 2.05) is 0 Å². The lowest BCUT2D eigenvalue weighted by molar-refractivity contribution is -0.123. The zero-order chi connectivity index (χ0) is 17.9. The Balaban J connectivity index is 1.06. The van der Waals surface area contributed by atoms with Gasteiger partial charge in [-0.25, -0.2) is 10.9 Å². The van der Waals surface area contributed by atoms with Crippen molar-refractivity contribution in [2.45, 2.75) is 51.4 Å². The molecule has 0 aliphatic heterocycles. The molecule has 2 fully saturated rings. The number of hydrogen-bond acceptors (Lipinski definition) is 4. The highest BCUT2D eigenvalue weighted by Crippen LogP contribution is 2.40. The molecule has 0 heterocycles. The first-order chi connectivity index (χ1) is 12.7. The summed E-state index contributed by atoms with van der Waals surface area (Å²) in [5.41, 5.74) is 7.54. The number of nitrogens with zero attached hydrogens (tertiary/aromatic N) is 2. The minimum Gasteiger partial charge on any atom is -0.273 e. The van der Waals surface area contributed by atoms with Crippen LogP contribution in [-0.2, 0) is 9.59 Å². The molecule has 4 rings (SSSR count). The van der Waals surface area contributed by atoms with Gasteiger partial charge in [0.15, 0.2) is 0 Å². The molecule has 0 unspecified atom stereocenters. The van der Waals surface area contributed by atoms with Crippen LogP contribution in [0.2, 0.25) is 0 Å². The number of carbonyl (C=O) groups is 2. The SMILES string of the molecule is O=C(CCCCC(=O)N/N=C1\C[C@H]2C=CC[C@H]12)N/N=C1/C[C@H]2C=CC[C@@H]12. The summed E-state index contributed by atoms with van der Waals surface area (Å²) in [5, 5.41) is 8.50. The first-order valence-electron chi connectivity index (χ1n) is 9.74. The maximum Gasteiger partial charge on any atom is 0.240 e. The molecule has 4 atom stereocenters. The van der Waals surface area contributed by atoms with Gasteiger partial charge in [-0.3, -0.25) is 9.59 Å². The Bertz CT molecular complexity index is 647. The Morgan fingerprint density at radius 1 is 0.846 bits per heavy atom. The molecule has 2 saturated carbocycles. The van der Waals surface area contributed by atoms with Crippen LogP contribution in [0.3, 0.4) is 0 Å². The van der Waals surface area contributed by atoms with Crippen LogP contribution in [0, 0.1) is 23.7 Å². The summed E-state index contributed by atoms with van der Waals surface area (Å²) in [7, 11) is 0. The van der Waals surface area contributed by atoms with Crippen molar-refractivity contribution in [3.63, 3.8) is 0 Å². The van der Waals surface area contributed by atoms with Crippen LogP contribution in [0.1, 0.15) is 51.4 Å². The van der Waals surface area contributed by atoms with Gasteiger partial charge in [0.2, 0.25) is 11.8 Å². The summed E-state index contributed by atoms with van der Waals surface area (Å²) >= 11 is 0. The van der Waals surface area contributed by atoms with E-state index < -0.39 is 0 Å². The molecule has 0 saturated heterocycles. The Morgan fingerprint density at radius 2 is 1.31 bits per heavy atom. The van der Waals surface area contributed by atoms with Gasteiger partial charge in [-0.1, -0.05) is 24.3 Å². The summed E-state index contributed by atoms with van der Waals surface area (Å²) in [6, 6.07) is 0. The maximum absolute atomic E-state index is 11.8. The molecule has 6 nitrogen and oxygen atoms in total. The second-order valence-electron chi connectivity index (χ2n) is 7.76. The van der Waals surface area contributed by atoms with E-state index in [2.05, 4.69) is 45.4 Å². The number of amides is 2. The largest absolute Gasteiger partial charge is 0.273 e. The normalized spacial score (nSPS) is 33.5. The lowest BCUT2D eigenvalue weighted by Crippen LogP contribution is -2.35. The monoisotopic (exact) mass is 354 g/mol. The van der Waals surface area contributed by atoms with Crippen molar-refractivity contribution in [3.8, 4) is 0 Å². The first kappa shape index (κ1) is 17.2. The fraction of sp³-hybridized carbons (Fsp3) is 0.600. The molecule has 6 heteroatoms. The number of nitrogens with one attached hydrogen (secondary N) is 2. The van der Waals surface area contributed by atoms with Crippen molar-refractivity contribution in [2.24, 2.45) is 33.9 Å². The van der Waals surface area contributed by atoms with Gasteiger partial charge in [0, 0.05) is 36.1 Å². The van der Waals surface area contributed by atoms with Gasteiger partial charge in [0.1, 0.15) is 0 Å². The highest BCUT2D eigenvalue weighted by Gasteiger charge is 2.38. The molecule has 0 bridgehead atoms. The van der Waals surface area contributed by atoms with Gasteiger partial charge in [-0.05, 0) is 50.4 Å². The fourth-order valence-corrected chi connectivity index (χ4v) is 4.28. The Morgan fingerprint density at radius 3 is 1.73 bits per heavy atom. The number of fused-ring (bicyclic) bond motifs is 2. The number of allylic oxidation sites excluding steroid dienone is 4. The summed E-state index contributed by atoms with van der Waals surface area (Å²) in [5.74, 6) is 2.19. The molecule has 138 valence electrons. The molecule has 4 aliphatic rings. The Labute approximate surface area is 153 Å². The minimum absolute atomic E-state index is 0.0678. The lowest BCUT2D eigenvalue weighted by Gasteiger charge is -2.31. The van der Waals surface area contributed by atoms with E-state index in [9.17, 15) is 9.59 Å². The van der Waals surface area contributed by atoms with Crippen LogP contribution in [-0.4, -0.2) is 23.2 Å². The van der Waals surface area contributed by atoms with E-state index in [1.165, 1.54) is 0 Å². The minimum atomic E-state index is -0.0678. The van der Waals surface area contributed by atoms with Gasteiger partial charge in [-0.15, -0.1) is 0 Å². The molecular weight excluding hydrogens is 328 g/mol. The molecule has 0 radical (unpaired) electrons. The average molecular weight is 354 g/mol. The van der Waals surface area contributed by atoms with Crippen molar-refractivity contribution in [3.05, 3.63) is 24.3 Å². The van der Waals surface area contributed by atoms with Crippen molar-refractivity contribution >= 4 is 23.2 Å². The van der Waals surface area contributed by atoms with Crippen molar-refractivity contribution < 1.29 is 9.59 Å². The van der Waals surface area contributed by atoms with Crippen LogP contribution in [0.5, 0.6) is 0 Å². The zero-order valence-corrected chi connectivity index (χ0v) is 15.0. The number of hydrazone groups is 2. The molecule has 2 N–H and O–H groups in total. The topological polar surface area (TPSA) is 82.9 Å².